The van der Waals surface area contributed by atoms with E-state index in [1.165, 1.54) is 5.56 Å². The third kappa shape index (κ3) is 3.25. The number of carboxylic acid groups (broad SMARTS) is 1. The first-order valence-corrected chi connectivity index (χ1v) is 6.72. The SMILES string of the molecule is CCCN(c1ccccc1CC)C(CC)C(=O)O. The van der Waals surface area contributed by atoms with Gasteiger partial charge in [0.25, 0.3) is 0 Å². The Labute approximate surface area is 109 Å². The number of hydrogen-bond acceptors (Lipinski definition) is 2. The molecule has 1 N–H and O–H groups in total. The van der Waals surface area contributed by atoms with Gasteiger partial charge in [0.1, 0.15) is 6.04 Å². The summed E-state index contributed by atoms with van der Waals surface area (Å²) >= 11 is 0. The summed E-state index contributed by atoms with van der Waals surface area (Å²) in [4.78, 5) is 13.4. The van der Waals surface area contributed by atoms with E-state index in [1.54, 1.807) is 0 Å². The molecule has 1 rings (SSSR count). The minimum atomic E-state index is -0.739. The molecule has 1 aromatic rings. The standard InChI is InChI=1S/C15H23NO2/c1-4-11-16(13(6-3)15(17)18)14-10-8-7-9-12(14)5-2/h7-10,13H,4-6,11H2,1-3H3,(H,17,18). The first kappa shape index (κ1) is 14.6. The molecule has 0 saturated heterocycles. The number of anilines is 1. The van der Waals surface area contributed by atoms with Crippen molar-refractivity contribution in [2.24, 2.45) is 0 Å². The summed E-state index contributed by atoms with van der Waals surface area (Å²) < 4.78 is 0. The zero-order valence-electron chi connectivity index (χ0n) is 11.5. The zero-order valence-corrected chi connectivity index (χ0v) is 11.5. The van der Waals surface area contributed by atoms with Gasteiger partial charge in [-0.2, -0.15) is 0 Å². The second kappa shape index (κ2) is 7.04. The van der Waals surface area contributed by atoms with E-state index in [9.17, 15) is 9.90 Å². The lowest BCUT2D eigenvalue weighted by Crippen LogP contribution is -2.42. The molecule has 1 atom stereocenters. The van der Waals surface area contributed by atoms with Crippen molar-refractivity contribution in [3.8, 4) is 0 Å². The molecule has 0 aliphatic carbocycles. The van der Waals surface area contributed by atoms with E-state index in [4.69, 9.17) is 0 Å². The molecule has 0 radical (unpaired) electrons. The second-order valence-corrected chi connectivity index (χ2v) is 4.44. The fourth-order valence-electron chi connectivity index (χ4n) is 2.30. The molecular weight excluding hydrogens is 226 g/mol. The molecule has 3 heteroatoms. The van der Waals surface area contributed by atoms with E-state index in [-0.39, 0.29) is 0 Å². The Morgan fingerprint density at radius 1 is 1.28 bits per heavy atom. The highest BCUT2D eigenvalue weighted by molar-refractivity contribution is 5.78. The van der Waals surface area contributed by atoms with Crippen molar-refractivity contribution in [3.63, 3.8) is 0 Å². The number of rotatable bonds is 7. The van der Waals surface area contributed by atoms with Crippen LogP contribution in [0.2, 0.25) is 0 Å². The lowest BCUT2D eigenvalue weighted by molar-refractivity contribution is -0.138. The first-order valence-electron chi connectivity index (χ1n) is 6.72. The van der Waals surface area contributed by atoms with Crippen molar-refractivity contribution in [3.05, 3.63) is 29.8 Å². The summed E-state index contributed by atoms with van der Waals surface area (Å²) in [5.74, 6) is -0.739. The van der Waals surface area contributed by atoms with Crippen LogP contribution >= 0.6 is 0 Å². The Morgan fingerprint density at radius 3 is 2.44 bits per heavy atom. The summed E-state index contributed by atoms with van der Waals surface area (Å²) in [6, 6.07) is 7.66. The number of aliphatic carboxylic acids is 1. The minimum Gasteiger partial charge on any atom is -0.480 e. The van der Waals surface area contributed by atoms with Crippen molar-refractivity contribution in [1.82, 2.24) is 0 Å². The Balaban J connectivity index is 3.13. The van der Waals surface area contributed by atoms with Crippen LogP contribution in [0.3, 0.4) is 0 Å². The van der Waals surface area contributed by atoms with Crippen LogP contribution in [0.25, 0.3) is 0 Å². The minimum absolute atomic E-state index is 0.433. The molecule has 0 spiro atoms. The topological polar surface area (TPSA) is 40.5 Å². The highest BCUT2D eigenvalue weighted by atomic mass is 16.4. The molecule has 0 heterocycles. The van der Waals surface area contributed by atoms with Gasteiger partial charge in [0.15, 0.2) is 0 Å². The van der Waals surface area contributed by atoms with Crippen LogP contribution in [0.1, 0.15) is 39.2 Å². The molecule has 1 aromatic carbocycles. The quantitative estimate of drug-likeness (QED) is 0.805. The molecule has 0 saturated carbocycles. The third-order valence-corrected chi connectivity index (χ3v) is 3.19. The zero-order chi connectivity index (χ0) is 13.5. The van der Waals surface area contributed by atoms with E-state index >= 15 is 0 Å². The van der Waals surface area contributed by atoms with Gasteiger partial charge in [0, 0.05) is 12.2 Å². The summed E-state index contributed by atoms with van der Waals surface area (Å²) in [6.45, 7) is 6.89. The van der Waals surface area contributed by atoms with Gasteiger partial charge in [-0.1, -0.05) is 39.0 Å². The maximum Gasteiger partial charge on any atom is 0.326 e. The smallest absolute Gasteiger partial charge is 0.326 e. The van der Waals surface area contributed by atoms with Gasteiger partial charge >= 0.3 is 5.97 Å². The maximum atomic E-state index is 11.4. The number of para-hydroxylation sites is 1. The van der Waals surface area contributed by atoms with Crippen LogP contribution in [-0.4, -0.2) is 23.7 Å². The van der Waals surface area contributed by atoms with Crippen LogP contribution in [0.5, 0.6) is 0 Å². The van der Waals surface area contributed by atoms with E-state index in [1.807, 2.05) is 30.0 Å². The molecule has 0 aromatic heterocycles. The van der Waals surface area contributed by atoms with E-state index in [0.717, 1.165) is 25.1 Å². The van der Waals surface area contributed by atoms with Gasteiger partial charge in [-0.25, -0.2) is 4.79 Å². The van der Waals surface area contributed by atoms with Crippen LogP contribution in [0, 0.1) is 0 Å². The van der Waals surface area contributed by atoms with Crippen molar-refractivity contribution in [2.75, 3.05) is 11.4 Å². The van der Waals surface area contributed by atoms with Crippen molar-refractivity contribution < 1.29 is 9.90 Å². The van der Waals surface area contributed by atoms with Crippen molar-refractivity contribution in [1.29, 1.82) is 0 Å². The Kier molecular flexibility index (Phi) is 5.69. The highest BCUT2D eigenvalue weighted by Gasteiger charge is 2.24. The average Bonchev–Trinajstić information content (AvgIpc) is 2.38. The van der Waals surface area contributed by atoms with Crippen LogP contribution in [-0.2, 0) is 11.2 Å². The monoisotopic (exact) mass is 249 g/mol. The fourth-order valence-corrected chi connectivity index (χ4v) is 2.30. The van der Waals surface area contributed by atoms with Crippen molar-refractivity contribution in [2.45, 2.75) is 46.1 Å². The predicted molar refractivity (Wildman–Crippen MR) is 75.2 cm³/mol. The fraction of sp³-hybridized carbons (Fsp3) is 0.533. The molecule has 0 fully saturated rings. The van der Waals surface area contributed by atoms with E-state index in [2.05, 4.69) is 19.9 Å². The predicted octanol–water partition coefficient (Wildman–Crippen LogP) is 3.33. The summed E-state index contributed by atoms with van der Waals surface area (Å²) in [6.07, 6.45) is 2.49. The number of carboxylic acids is 1. The van der Waals surface area contributed by atoms with E-state index in [0.29, 0.717) is 6.42 Å². The molecule has 3 nitrogen and oxygen atoms in total. The molecule has 0 amide bonds. The van der Waals surface area contributed by atoms with Crippen LogP contribution < -0.4 is 4.90 Å². The molecule has 100 valence electrons. The number of hydrogen-bond donors (Lipinski definition) is 1. The number of aryl methyl sites for hydroxylation is 1. The molecule has 0 bridgehead atoms. The third-order valence-electron chi connectivity index (χ3n) is 3.19. The largest absolute Gasteiger partial charge is 0.480 e. The number of nitrogens with zero attached hydrogens (tertiary/aromatic N) is 1. The Bertz CT molecular complexity index is 390. The van der Waals surface area contributed by atoms with Gasteiger partial charge in [-0.05, 0) is 30.9 Å². The van der Waals surface area contributed by atoms with Gasteiger partial charge in [-0.15, -0.1) is 0 Å². The normalized spacial score (nSPS) is 12.2. The Morgan fingerprint density at radius 2 is 1.94 bits per heavy atom. The number of carbonyl (C=O) groups is 1. The van der Waals surface area contributed by atoms with Gasteiger partial charge in [0.05, 0.1) is 0 Å². The van der Waals surface area contributed by atoms with Crippen LogP contribution in [0.4, 0.5) is 5.69 Å². The summed E-state index contributed by atoms with van der Waals surface area (Å²) in [5, 5.41) is 9.35. The highest BCUT2D eigenvalue weighted by Crippen LogP contribution is 2.24. The second-order valence-electron chi connectivity index (χ2n) is 4.44. The van der Waals surface area contributed by atoms with E-state index < -0.39 is 12.0 Å². The molecule has 1 unspecified atom stereocenters. The van der Waals surface area contributed by atoms with Crippen LogP contribution in [0.15, 0.2) is 24.3 Å². The summed E-state index contributed by atoms with van der Waals surface area (Å²) in [5.41, 5.74) is 2.28. The first-order chi connectivity index (χ1) is 8.65. The van der Waals surface area contributed by atoms with Gasteiger partial charge in [-0.3, -0.25) is 0 Å². The lowest BCUT2D eigenvalue weighted by Gasteiger charge is -2.31. The lowest BCUT2D eigenvalue weighted by atomic mass is 10.1. The van der Waals surface area contributed by atoms with Gasteiger partial charge < -0.3 is 10.0 Å². The molecule has 0 aliphatic rings. The molecule has 18 heavy (non-hydrogen) atoms. The average molecular weight is 249 g/mol. The Hall–Kier alpha value is -1.51. The number of benzene rings is 1. The molecular formula is C15H23NO2. The maximum absolute atomic E-state index is 11.4. The van der Waals surface area contributed by atoms with Gasteiger partial charge in [0.2, 0.25) is 0 Å². The molecule has 0 aliphatic heterocycles. The van der Waals surface area contributed by atoms with Crippen molar-refractivity contribution >= 4 is 11.7 Å². The summed E-state index contributed by atoms with van der Waals surface area (Å²) in [7, 11) is 0.